The van der Waals surface area contributed by atoms with Crippen LogP contribution in [0.3, 0.4) is 0 Å². The van der Waals surface area contributed by atoms with Gasteiger partial charge in [-0.3, -0.25) is 10.1 Å². The number of aliphatic hydroxyl groups excluding tert-OH is 1. The zero-order chi connectivity index (χ0) is 15.2. The van der Waals surface area contributed by atoms with Crippen LogP contribution in [0.5, 0.6) is 5.75 Å². The largest absolute Gasteiger partial charge is 0.487 e. The summed E-state index contributed by atoms with van der Waals surface area (Å²) in [6.45, 7) is 6.11. The van der Waals surface area contributed by atoms with Gasteiger partial charge in [-0.15, -0.1) is 0 Å². The lowest BCUT2D eigenvalue weighted by atomic mass is 9.93. The van der Waals surface area contributed by atoms with Gasteiger partial charge in [0, 0.05) is 17.8 Å². The van der Waals surface area contributed by atoms with Gasteiger partial charge in [-0.05, 0) is 25.8 Å². The number of nitrogens with zero attached hydrogens (tertiary/aromatic N) is 1. The highest BCUT2D eigenvalue weighted by Gasteiger charge is 2.25. The van der Waals surface area contributed by atoms with E-state index in [0.29, 0.717) is 12.3 Å². The lowest BCUT2D eigenvalue weighted by Crippen LogP contribution is -2.40. The molecule has 0 unspecified atom stereocenters. The van der Waals surface area contributed by atoms with E-state index in [0.717, 1.165) is 12.8 Å². The molecular formula is C14H22N2O4. The molecule has 0 radical (unpaired) electrons. The number of nitro benzene ring substituents is 1. The molecule has 0 bridgehead atoms. The van der Waals surface area contributed by atoms with Crippen LogP contribution in [0.1, 0.15) is 33.6 Å². The lowest BCUT2D eigenvalue weighted by Gasteiger charge is -2.32. The monoisotopic (exact) mass is 282 g/mol. The van der Waals surface area contributed by atoms with Crippen LogP contribution >= 0.6 is 0 Å². The Morgan fingerprint density at radius 3 is 2.45 bits per heavy atom. The summed E-state index contributed by atoms with van der Waals surface area (Å²) >= 11 is 0. The number of benzene rings is 1. The normalized spacial score (nSPS) is 11.2. The van der Waals surface area contributed by atoms with Crippen molar-refractivity contribution in [3.63, 3.8) is 0 Å². The Balaban J connectivity index is 3.08. The van der Waals surface area contributed by atoms with E-state index >= 15 is 0 Å². The molecule has 6 nitrogen and oxygen atoms in total. The molecule has 0 amide bonds. The number of ether oxygens (including phenoxy) is 1. The van der Waals surface area contributed by atoms with Gasteiger partial charge in [0.25, 0.3) is 0 Å². The minimum absolute atomic E-state index is 0.000948. The average molecular weight is 282 g/mol. The predicted molar refractivity (Wildman–Crippen MR) is 78.3 cm³/mol. The molecule has 1 aromatic carbocycles. The molecule has 1 aromatic rings. The molecule has 6 heteroatoms. The van der Waals surface area contributed by atoms with E-state index in [1.807, 2.05) is 13.8 Å². The minimum Gasteiger partial charge on any atom is -0.487 e. The van der Waals surface area contributed by atoms with E-state index in [1.54, 1.807) is 19.1 Å². The molecule has 2 N–H and O–H groups in total. The number of rotatable bonds is 8. The van der Waals surface area contributed by atoms with Crippen molar-refractivity contribution in [2.24, 2.45) is 0 Å². The summed E-state index contributed by atoms with van der Waals surface area (Å²) < 4.78 is 5.31. The zero-order valence-corrected chi connectivity index (χ0v) is 12.2. The fourth-order valence-corrected chi connectivity index (χ4v) is 2.01. The smallest absolute Gasteiger partial charge is 0.311 e. The van der Waals surface area contributed by atoms with Gasteiger partial charge in [0.1, 0.15) is 0 Å². The van der Waals surface area contributed by atoms with E-state index < -0.39 is 10.5 Å². The third-order valence-corrected chi connectivity index (χ3v) is 3.52. The van der Waals surface area contributed by atoms with Crippen molar-refractivity contribution >= 4 is 11.4 Å². The van der Waals surface area contributed by atoms with E-state index in [1.165, 1.54) is 6.07 Å². The van der Waals surface area contributed by atoms with E-state index in [4.69, 9.17) is 4.74 Å². The Morgan fingerprint density at radius 1 is 1.35 bits per heavy atom. The molecule has 0 aromatic heterocycles. The van der Waals surface area contributed by atoms with Crippen molar-refractivity contribution in [2.75, 3.05) is 18.5 Å². The summed E-state index contributed by atoms with van der Waals surface area (Å²) in [7, 11) is 0. The predicted octanol–water partition coefficient (Wildman–Crippen LogP) is 2.96. The molecule has 20 heavy (non-hydrogen) atoms. The van der Waals surface area contributed by atoms with Crippen LogP contribution < -0.4 is 10.1 Å². The van der Waals surface area contributed by atoms with Crippen LogP contribution in [0.2, 0.25) is 0 Å². The van der Waals surface area contributed by atoms with Crippen molar-refractivity contribution in [3.8, 4) is 5.75 Å². The summed E-state index contributed by atoms with van der Waals surface area (Å²) in [5, 5.41) is 23.7. The van der Waals surface area contributed by atoms with Crippen molar-refractivity contribution in [3.05, 3.63) is 28.3 Å². The van der Waals surface area contributed by atoms with Gasteiger partial charge in [-0.25, -0.2) is 0 Å². The summed E-state index contributed by atoms with van der Waals surface area (Å²) in [4.78, 5) is 10.5. The molecule has 0 saturated carbocycles. The van der Waals surface area contributed by atoms with Crippen LogP contribution in [0.25, 0.3) is 0 Å². The molecule has 0 aliphatic carbocycles. The fourth-order valence-electron chi connectivity index (χ4n) is 2.01. The second-order valence-electron chi connectivity index (χ2n) is 4.64. The van der Waals surface area contributed by atoms with Crippen molar-refractivity contribution in [1.29, 1.82) is 0 Å². The van der Waals surface area contributed by atoms with Gasteiger partial charge in [-0.2, -0.15) is 0 Å². The van der Waals surface area contributed by atoms with Gasteiger partial charge < -0.3 is 15.2 Å². The molecule has 0 aliphatic heterocycles. The molecule has 112 valence electrons. The Hall–Kier alpha value is -1.82. The average Bonchev–Trinajstić information content (AvgIpc) is 2.45. The standard InChI is InChI=1S/C14H22N2O4/c1-4-14(5-2,10-17)15-11-7-8-12(16(18)19)13(9-11)20-6-3/h7-9,15,17H,4-6,10H2,1-3H3. The molecule has 1 rings (SSSR count). The maximum Gasteiger partial charge on any atom is 0.311 e. The Bertz CT molecular complexity index is 450. The molecule has 0 aliphatic rings. The number of anilines is 1. The highest BCUT2D eigenvalue weighted by atomic mass is 16.6. The highest BCUT2D eigenvalue weighted by Crippen LogP contribution is 2.32. The number of hydrogen-bond acceptors (Lipinski definition) is 5. The van der Waals surface area contributed by atoms with Crippen molar-refractivity contribution in [1.82, 2.24) is 0 Å². The lowest BCUT2D eigenvalue weighted by molar-refractivity contribution is -0.385. The molecule has 0 spiro atoms. The topological polar surface area (TPSA) is 84.6 Å². The van der Waals surface area contributed by atoms with Crippen molar-refractivity contribution < 1.29 is 14.8 Å². The number of nitrogens with one attached hydrogen (secondary N) is 1. The summed E-state index contributed by atoms with van der Waals surface area (Å²) in [5.41, 5.74) is 0.233. The molecule has 0 fully saturated rings. The molecule has 0 atom stereocenters. The fraction of sp³-hybridized carbons (Fsp3) is 0.571. The Morgan fingerprint density at radius 2 is 2.00 bits per heavy atom. The van der Waals surface area contributed by atoms with Crippen LogP contribution in [0.15, 0.2) is 18.2 Å². The quantitative estimate of drug-likeness (QED) is 0.565. The first-order valence-electron chi connectivity index (χ1n) is 6.82. The highest BCUT2D eigenvalue weighted by molar-refractivity contribution is 5.59. The molecule has 0 heterocycles. The zero-order valence-electron chi connectivity index (χ0n) is 12.2. The van der Waals surface area contributed by atoms with E-state index in [-0.39, 0.29) is 18.0 Å². The first-order chi connectivity index (χ1) is 9.51. The summed E-state index contributed by atoms with van der Waals surface area (Å²) in [6.07, 6.45) is 1.50. The van der Waals surface area contributed by atoms with Gasteiger partial charge in [0.05, 0.1) is 23.7 Å². The summed E-state index contributed by atoms with van der Waals surface area (Å²) in [5.74, 6) is 0.238. The molecule has 0 saturated heterocycles. The second-order valence-corrected chi connectivity index (χ2v) is 4.64. The number of hydrogen-bond donors (Lipinski definition) is 2. The first kappa shape index (κ1) is 16.2. The number of aliphatic hydroxyl groups is 1. The maximum absolute atomic E-state index is 10.9. The third kappa shape index (κ3) is 3.60. The van der Waals surface area contributed by atoms with Crippen LogP contribution in [0, 0.1) is 10.1 Å². The second kappa shape index (κ2) is 7.09. The van der Waals surface area contributed by atoms with Gasteiger partial charge in [0.2, 0.25) is 0 Å². The van der Waals surface area contributed by atoms with Crippen LogP contribution in [-0.2, 0) is 0 Å². The minimum atomic E-state index is -0.465. The van der Waals surface area contributed by atoms with E-state index in [2.05, 4.69) is 5.32 Å². The van der Waals surface area contributed by atoms with Gasteiger partial charge in [0.15, 0.2) is 5.75 Å². The number of nitro groups is 1. The summed E-state index contributed by atoms with van der Waals surface area (Å²) in [6, 6.07) is 4.66. The first-order valence-corrected chi connectivity index (χ1v) is 6.82. The Labute approximate surface area is 118 Å². The van der Waals surface area contributed by atoms with Gasteiger partial charge in [-0.1, -0.05) is 13.8 Å². The molecular weight excluding hydrogens is 260 g/mol. The third-order valence-electron chi connectivity index (χ3n) is 3.52. The maximum atomic E-state index is 10.9. The SMILES string of the molecule is CCOc1cc(NC(CC)(CC)CO)ccc1[N+](=O)[O-]. The van der Waals surface area contributed by atoms with Gasteiger partial charge >= 0.3 is 5.69 Å². The van der Waals surface area contributed by atoms with Crippen molar-refractivity contribution in [2.45, 2.75) is 39.2 Å². The van der Waals surface area contributed by atoms with E-state index in [9.17, 15) is 15.2 Å². The van der Waals surface area contributed by atoms with Crippen LogP contribution in [-0.4, -0.2) is 28.8 Å². The Kier molecular flexibility index (Phi) is 5.76. The van der Waals surface area contributed by atoms with Crippen LogP contribution in [0.4, 0.5) is 11.4 Å².